The van der Waals surface area contributed by atoms with Gasteiger partial charge in [-0.3, -0.25) is 0 Å². The molecule has 25 nitrogen and oxygen atoms in total. The summed E-state index contributed by atoms with van der Waals surface area (Å²) in [5, 5.41) is 51.8. The van der Waals surface area contributed by atoms with Crippen LogP contribution in [0.5, 0.6) is 0 Å². The van der Waals surface area contributed by atoms with E-state index in [4.69, 9.17) is 57.4 Å². The molecular formula is C11H27DyN10O15+4. The Morgan fingerprint density at radius 3 is 1.14 bits per heavy atom. The molecule has 217 valence electrons. The van der Waals surface area contributed by atoms with Crippen molar-refractivity contribution < 1.29 is 84.9 Å². The predicted molar refractivity (Wildman–Crippen MR) is 125 cm³/mol. The third kappa shape index (κ3) is 49.8. The number of amides is 4. The molecule has 0 aromatic carbocycles. The minimum absolute atomic E-state index is 0. The largest absolute Gasteiger partial charge is 3.00 e. The molecule has 37 heavy (non-hydrogen) atoms. The van der Waals surface area contributed by atoms with E-state index in [1.54, 1.807) is 32.0 Å². The van der Waals surface area contributed by atoms with Crippen LogP contribution in [0, 0.1) is 84.1 Å². The van der Waals surface area contributed by atoms with Gasteiger partial charge in [0.05, 0.1) is 38.1 Å². The Morgan fingerprint density at radius 2 is 0.946 bits per heavy atom. The molecule has 0 saturated carbocycles. The molecular weight excluding hydrogens is 675 g/mol. The molecule has 0 aliphatic carbocycles. The topological polar surface area (TPSA) is 478 Å². The maximum absolute atomic E-state index is 10.6. The van der Waals surface area contributed by atoms with Crippen LogP contribution >= 0.6 is 0 Å². The van der Waals surface area contributed by atoms with E-state index in [1.807, 2.05) is 0 Å². The molecule has 4 amide bonds. The molecule has 1 heterocycles. The Kier molecular flexibility index (Phi) is 46.2. The van der Waals surface area contributed by atoms with Gasteiger partial charge in [0.25, 0.3) is 0 Å². The van der Waals surface area contributed by atoms with Crippen LogP contribution in [-0.4, -0.2) is 43.7 Å². The Morgan fingerprint density at radius 1 is 0.730 bits per heavy atom. The van der Waals surface area contributed by atoms with E-state index in [1.165, 1.54) is 0 Å². The summed E-state index contributed by atoms with van der Waals surface area (Å²) in [7, 11) is 0. The summed E-state index contributed by atoms with van der Waals surface area (Å²) in [6.07, 6.45) is 0. The number of hydrogen-bond acceptors (Lipinski definition) is 14. The zero-order chi connectivity index (χ0) is 25.9. The maximum atomic E-state index is 10.6. The molecule has 26 heteroatoms. The number of carbonyl (C=O) groups is 2. The summed E-state index contributed by atoms with van der Waals surface area (Å²) in [5.74, 6) is 0. The quantitative estimate of drug-likeness (QED) is 0.0998. The van der Waals surface area contributed by atoms with Crippen molar-refractivity contribution in [2.45, 2.75) is 13.8 Å². The third-order valence-electron chi connectivity index (χ3n) is 2.16. The van der Waals surface area contributed by atoms with Gasteiger partial charge in [-0.2, -0.15) is 10.2 Å². The summed E-state index contributed by atoms with van der Waals surface area (Å²) in [4.78, 5) is 50.2. The van der Waals surface area contributed by atoms with Crippen LogP contribution in [0.2, 0.25) is 0 Å². The number of nitrogens with two attached hydrogens (primary N) is 2. The summed E-state index contributed by atoms with van der Waals surface area (Å²) < 4.78 is 0. The Labute approximate surface area is 234 Å². The Hall–Kier alpha value is -4.26. The molecule has 0 bridgehead atoms. The maximum Gasteiger partial charge on any atom is 3.00 e. The SMILES string of the molecule is C/C(=N\NC(N)=O)c1cccc(/C(C)=N/NC(N)=O)n1.O=[N+]([O-])[O-].O=[N+]([O-])[O-].O=[N+]([O-])[O-].[Dy+3].[OH3+].[OH3+].[OH3+].[OH3+]. The van der Waals surface area contributed by atoms with Gasteiger partial charge in [0.2, 0.25) is 0 Å². The van der Waals surface area contributed by atoms with Crippen molar-refractivity contribution in [1.82, 2.24) is 15.8 Å². The number of nitrogens with one attached hydrogen (secondary N) is 2. The zero-order valence-corrected chi connectivity index (χ0v) is 20.7. The second kappa shape index (κ2) is 31.7. The third-order valence-corrected chi connectivity index (χ3v) is 2.16. The summed E-state index contributed by atoms with van der Waals surface area (Å²) in [6.45, 7) is 3.33. The van der Waals surface area contributed by atoms with Gasteiger partial charge in [-0.15, -0.1) is 0 Å². The number of rotatable bonds is 4. The molecule has 1 aromatic rings. The van der Waals surface area contributed by atoms with E-state index in [0.29, 0.717) is 22.8 Å². The van der Waals surface area contributed by atoms with Gasteiger partial charge >= 0.3 is 50.2 Å². The van der Waals surface area contributed by atoms with E-state index in [-0.39, 0.29) is 60.1 Å². The summed E-state index contributed by atoms with van der Waals surface area (Å²) >= 11 is 0. The van der Waals surface area contributed by atoms with Crippen molar-refractivity contribution in [2.75, 3.05) is 0 Å². The van der Waals surface area contributed by atoms with Gasteiger partial charge in [-0.1, -0.05) is 6.07 Å². The fourth-order valence-corrected chi connectivity index (χ4v) is 1.23. The van der Waals surface area contributed by atoms with Crippen LogP contribution < -0.4 is 22.3 Å². The fourth-order valence-electron chi connectivity index (χ4n) is 1.23. The van der Waals surface area contributed by atoms with Gasteiger partial charge in [0.1, 0.15) is 0 Å². The molecule has 18 N–H and O–H groups in total. The monoisotopic (exact) mass is 703 g/mol. The number of primary amides is 2. The zero-order valence-electron chi connectivity index (χ0n) is 18.7. The Bertz CT molecular complexity index is 781. The van der Waals surface area contributed by atoms with Crippen molar-refractivity contribution in [3.63, 3.8) is 0 Å². The molecule has 0 atom stereocenters. The molecule has 0 saturated heterocycles. The van der Waals surface area contributed by atoms with Gasteiger partial charge < -0.3 is 79.3 Å². The first-order chi connectivity index (χ1) is 14.6. The van der Waals surface area contributed by atoms with Crippen LogP contribution in [0.3, 0.4) is 0 Å². The minimum atomic E-state index is -1.75. The molecule has 0 unspecified atom stereocenters. The van der Waals surface area contributed by atoms with Crippen molar-refractivity contribution in [2.24, 2.45) is 21.7 Å². The van der Waals surface area contributed by atoms with E-state index in [0.717, 1.165) is 0 Å². The van der Waals surface area contributed by atoms with Crippen LogP contribution in [0.4, 0.5) is 9.59 Å². The van der Waals surface area contributed by atoms with E-state index in [2.05, 4.69) is 26.0 Å². The average Bonchev–Trinajstić information content (AvgIpc) is 2.62. The molecule has 1 aromatic heterocycles. The number of carbonyl (C=O) groups excluding carboxylic acids is 2. The predicted octanol–water partition coefficient (Wildman–Crippen LogP) is -4.54. The molecule has 0 spiro atoms. The minimum Gasteiger partial charge on any atom is -0.457 e. The first-order valence-corrected chi connectivity index (χ1v) is 7.21. The first-order valence-electron chi connectivity index (χ1n) is 7.21. The van der Waals surface area contributed by atoms with Gasteiger partial charge in [0, 0.05) is 0 Å². The van der Waals surface area contributed by atoms with E-state index in [9.17, 15) is 9.59 Å². The molecule has 0 aliphatic rings. The van der Waals surface area contributed by atoms with Crippen molar-refractivity contribution in [1.29, 1.82) is 0 Å². The first kappa shape index (κ1) is 53.9. The number of pyridine rings is 1. The number of hydrazone groups is 2. The summed E-state index contributed by atoms with van der Waals surface area (Å²) in [5.41, 5.74) is 16.1. The van der Waals surface area contributed by atoms with Crippen molar-refractivity contribution in [3.8, 4) is 0 Å². The van der Waals surface area contributed by atoms with Crippen LogP contribution in [0.15, 0.2) is 28.4 Å². The number of hydrogen-bond donors (Lipinski definition) is 4. The van der Waals surface area contributed by atoms with Gasteiger partial charge in [-0.25, -0.2) is 25.4 Å². The standard InChI is InChI=1S/C11H15N7O2.Dy.3NO3.4H2O/c1-6(15-17-10(12)19)8-4-3-5-9(14-8)7(2)16-18-11(13)20;;3*2-1(3)4;;;;/h3-5H,1-2H3,(H3,12,17,19)(H3,13,18,20);;;;;4*1H2/q;+3;3*-1;;;;/p+4/b15-6+,16-7+;;;;;;;;. The van der Waals surface area contributed by atoms with Crippen LogP contribution in [0.1, 0.15) is 25.2 Å². The number of nitrogens with zero attached hydrogens (tertiary/aromatic N) is 6. The Balaban J connectivity index is -0.0000000700. The smallest absolute Gasteiger partial charge is 0.457 e. The second-order valence-electron chi connectivity index (χ2n) is 4.43. The second-order valence-corrected chi connectivity index (χ2v) is 4.43. The average molecular weight is 702 g/mol. The number of urea groups is 2. The molecule has 0 fully saturated rings. The van der Waals surface area contributed by atoms with Crippen LogP contribution in [-0.2, 0) is 21.9 Å². The molecule has 0 aliphatic heterocycles. The summed E-state index contributed by atoms with van der Waals surface area (Å²) in [6, 6.07) is 3.64. The number of aromatic nitrogens is 1. The molecule has 1 rings (SSSR count). The normalized spacial score (nSPS) is 8.38. The van der Waals surface area contributed by atoms with Crippen molar-refractivity contribution in [3.05, 3.63) is 75.6 Å². The van der Waals surface area contributed by atoms with Crippen molar-refractivity contribution >= 4 is 23.5 Å². The van der Waals surface area contributed by atoms with E-state index < -0.39 is 27.3 Å². The van der Waals surface area contributed by atoms with Gasteiger partial charge in [0.15, 0.2) is 0 Å². The van der Waals surface area contributed by atoms with Gasteiger partial charge in [-0.05, 0) is 26.0 Å². The van der Waals surface area contributed by atoms with Crippen LogP contribution in [0.25, 0.3) is 0 Å². The van der Waals surface area contributed by atoms with E-state index >= 15 is 0 Å². The molecule has 1 radical (unpaired) electrons. The fraction of sp³-hybridized carbons (Fsp3) is 0.182.